The summed E-state index contributed by atoms with van der Waals surface area (Å²) >= 11 is 1.82. The maximum absolute atomic E-state index is 9.99. The minimum absolute atomic E-state index is 0.0384. The van der Waals surface area contributed by atoms with E-state index in [-0.39, 0.29) is 12.2 Å². The number of nitrogens with zero attached hydrogens (tertiary/aromatic N) is 1. The fourth-order valence-corrected chi connectivity index (χ4v) is 3.84. The third-order valence-electron chi connectivity index (χ3n) is 3.79. The number of thiophene rings is 1. The number of hydrogen-bond donors (Lipinski definition) is 1. The van der Waals surface area contributed by atoms with Gasteiger partial charge in [0.15, 0.2) is 0 Å². The second-order valence-corrected chi connectivity index (χ2v) is 6.56. The van der Waals surface area contributed by atoms with Gasteiger partial charge in [0, 0.05) is 36.0 Å². The van der Waals surface area contributed by atoms with Gasteiger partial charge in [0.1, 0.15) is 0 Å². The van der Waals surface area contributed by atoms with E-state index in [2.05, 4.69) is 41.3 Å². The number of aliphatic hydroxyl groups is 1. The van der Waals surface area contributed by atoms with Crippen molar-refractivity contribution in [3.05, 3.63) is 47.3 Å². The van der Waals surface area contributed by atoms with Crippen molar-refractivity contribution in [2.45, 2.75) is 25.7 Å². The van der Waals surface area contributed by atoms with E-state index in [0.29, 0.717) is 13.2 Å². The molecule has 21 heavy (non-hydrogen) atoms. The fourth-order valence-electron chi connectivity index (χ4n) is 2.78. The van der Waals surface area contributed by atoms with Crippen LogP contribution in [-0.4, -0.2) is 41.9 Å². The molecule has 1 aliphatic heterocycles. The molecule has 0 unspecified atom stereocenters. The van der Waals surface area contributed by atoms with Gasteiger partial charge in [0.25, 0.3) is 0 Å². The highest BCUT2D eigenvalue weighted by Gasteiger charge is 2.31. The molecule has 0 radical (unpaired) electrons. The standard InChI is InChI=1S/C17H21NO2S/c1-2-20-16-12-18(11-15(16)19)10-14-8-9-17(21-14)13-6-4-3-5-7-13/h3-9,15-16,19H,2,10-12H2,1H3/t15-,16-/m0/s1. The Balaban J connectivity index is 1.63. The monoisotopic (exact) mass is 303 g/mol. The molecule has 4 heteroatoms. The summed E-state index contributed by atoms with van der Waals surface area (Å²) in [5, 5.41) is 9.99. The first-order valence-electron chi connectivity index (χ1n) is 7.42. The highest BCUT2D eigenvalue weighted by molar-refractivity contribution is 7.15. The summed E-state index contributed by atoms with van der Waals surface area (Å²) in [6.45, 7) is 5.03. The molecule has 3 nitrogen and oxygen atoms in total. The first-order valence-corrected chi connectivity index (χ1v) is 8.24. The first kappa shape index (κ1) is 14.7. The lowest BCUT2D eigenvalue weighted by molar-refractivity contribution is -0.00244. The molecule has 0 bridgehead atoms. The molecule has 0 aliphatic carbocycles. The third-order valence-corrected chi connectivity index (χ3v) is 4.91. The zero-order valence-electron chi connectivity index (χ0n) is 12.2. The maximum Gasteiger partial charge on any atom is 0.0972 e. The van der Waals surface area contributed by atoms with Gasteiger partial charge < -0.3 is 9.84 Å². The zero-order valence-corrected chi connectivity index (χ0v) is 13.1. The fraction of sp³-hybridized carbons (Fsp3) is 0.412. The van der Waals surface area contributed by atoms with E-state index in [0.717, 1.165) is 13.1 Å². The summed E-state index contributed by atoms with van der Waals surface area (Å²) in [7, 11) is 0. The van der Waals surface area contributed by atoms with Crippen LogP contribution in [0.25, 0.3) is 10.4 Å². The number of rotatable bonds is 5. The Morgan fingerprint density at radius 3 is 2.76 bits per heavy atom. The van der Waals surface area contributed by atoms with Gasteiger partial charge in [-0.2, -0.15) is 0 Å². The van der Waals surface area contributed by atoms with Crippen LogP contribution in [0.5, 0.6) is 0 Å². The Bertz CT molecular complexity index is 569. The molecule has 0 saturated carbocycles. The highest BCUT2D eigenvalue weighted by Crippen LogP contribution is 2.29. The summed E-state index contributed by atoms with van der Waals surface area (Å²) in [5.74, 6) is 0. The largest absolute Gasteiger partial charge is 0.389 e. The Morgan fingerprint density at radius 2 is 2.00 bits per heavy atom. The number of β-amino-alcohol motifs (C(OH)–C–C–N with tert-alkyl or cyclic N) is 1. The summed E-state index contributed by atoms with van der Waals surface area (Å²) < 4.78 is 5.57. The molecule has 1 aromatic carbocycles. The Labute approximate surface area is 129 Å². The lowest BCUT2D eigenvalue weighted by atomic mass is 10.2. The van der Waals surface area contributed by atoms with E-state index >= 15 is 0 Å². The molecular formula is C17H21NO2S. The van der Waals surface area contributed by atoms with Crippen LogP contribution < -0.4 is 0 Å². The van der Waals surface area contributed by atoms with Crippen molar-refractivity contribution in [2.24, 2.45) is 0 Å². The predicted octanol–water partition coefficient (Wildman–Crippen LogP) is 3.00. The molecule has 3 rings (SSSR count). The zero-order chi connectivity index (χ0) is 14.7. The molecule has 0 spiro atoms. The topological polar surface area (TPSA) is 32.7 Å². The van der Waals surface area contributed by atoms with E-state index < -0.39 is 0 Å². The van der Waals surface area contributed by atoms with Gasteiger partial charge >= 0.3 is 0 Å². The van der Waals surface area contributed by atoms with Crippen LogP contribution in [0.4, 0.5) is 0 Å². The van der Waals surface area contributed by atoms with Crippen molar-refractivity contribution >= 4 is 11.3 Å². The average molecular weight is 303 g/mol. The molecule has 1 saturated heterocycles. The van der Waals surface area contributed by atoms with Crippen LogP contribution in [-0.2, 0) is 11.3 Å². The molecule has 2 heterocycles. The van der Waals surface area contributed by atoms with E-state index in [4.69, 9.17) is 4.74 Å². The number of ether oxygens (including phenoxy) is 1. The maximum atomic E-state index is 9.99. The smallest absolute Gasteiger partial charge is 0.0972 e. The van der Waals surface area contributed by atoms with Gasteiger partial charge in [-0.25, -0.2) is 0 Å². The molecular weight excluding hydrogens is 282 g/mol. The Kier molecular flexibility index (Phi) is 4.70. The molecule has 2 aromatic rings. The molecule has 2 atom stereocenters. The van der Waals surface area contributed by atoms with Crippen molar-refractivity contribution in [3.63, 3.8) is 0 Å². The van der Waals surface area contributed by atoms with Crippen molar-refractivity contribution in [2.75, 3.05) is 19.7 Å². The minimum Gasteiger partial charge on any atom is -0.389 e. The van der Waals surface area contributed by atoms with E-state index in [1.54, 1.807) is 0 Å². The number of likely N-dealkylation sites (tertiary alicyclic amines) is 1. The lowest BCUT2D eigenvalue weighted by Crippen LogP contribution is -2.26. The van der Waals surface area contributed by atoms with Crippen LogP contribution >= 0.6 is 11.3 Å². The second-order valence-electron chi connectivity index (χ2n) is 5.39. The Morgan fingerprint density at radius 1 is 1.19 bits per heavy atom. The molecule has 1 aliphatic rings. The molecule has 112 valence electrons. The average Bonchev–Trinajstić information content (AvgIpc) is 3.08. The summed E-state index contributed by atoms with van der Waals surface area (Å²) in [4.78, 5) is 4.90. The van der Waals surface area contributed by atoms with E-state index in [1.165, 1.54) is 15.3 Å². The normalized spacial score (nSPS) is 22.8. The van der Waals surface area contributed by atoms with Gasteiger partial charge in [0.05, 0.1) is 12.2 Å². The quantitative estimate of drug-likeness (QED) is 0.921. The summed E-state index contributed by atoms with van der Waals surface area (Å²) in [5.41, 5.74) is 1.27. The van der Waals surface area contributed by atoms with Crippen LogP contribution in [0.15, 0.2) is 42.5 Å². The highest BCUT2D eigenvalue weighted by atomic mass is 32.1. The number of benzene rings is 1. The van der Waals surface area contributed by atoms with Gasteiger partial charge in [-0.05, 0) is 24.6 Å². The van der Waals surface area contributed by atoms with Crippen LogP contribution in [0.2, 0.25) is 0 Å². The van der Waals surface area contributed by atoms with Gasteiger partial charge in [-0.3, -0.25) is 4.90 Å². The van der Waals surface area contributed by atoms with Crippen molar-refractivity contribution < 1.29 is 9.84 Å². The second kappa shape index (κ2) is 6.71. The van der Waals surface area contributed by atoms with E-state index in [1.807, 2.05) is 24.3 Å². The van der Waals surface area contributed by atoms with Gasteiger partial charge in [0.2, 0.25) is 0 Å². The molecule has 1 fully saturated rings. The van der Waals surface area contributed by atoms with Crippen molar-refractivity contribution in [1.29, 1.82) is 0 Å². The summed E-state index contributed by atoms with van der Waals surface area (Å²) in [6.07, 6.45) is -0.401. The lowest BCUT2D eigenvalue weighted by Gasteiger charge is -2.14. The van der Waals surface area contributed by atoms with Crippen LogP contribution in [0.1, 0.15) is 11.8 Å². The van der Waals surface area contributed by atoms with Crippen LogP contribution in [0, 0.1) is 0 Å². The Hall–Kier alpha value is -1.20. The predicted molar refractivity (Wildman–Crippen MR) is 86.5 cm³/mol. The van der Waals surface area contributed by atoms with Crippen molar-refractivity contribution in [1.82, 2.24) is 4.90 Å². The molecule has 0 amide bonds. The number of hydrogen-bond acceptors (Lipinski definition) is 4. The SMILES string of the molecule is CCO[C@H]1CN(Cc2ccc(-c3ccccc3)s2)C[C@@H]1O. The first-order chi connectivity index (χ1) is 10.3. The van der Waals surface area contributed by atoms with Gasteiger partial charge in [-0.15, -0.1) is 11.3 Å². The van der Waals surface area contributed by atoms with Crippen LogP contribution in [0.3, 0.4) is 0 Å². The molecule has 1 N–H and O–H groups in total. The number of aliphatic hydroxyl groups excluding tert-OH is 1. The molecule has 1 aromatic heterocycles. The summed E-state index contributed by atoms with van der Waals surface area (Å²) in [6, 6.07) is 14.8. The third kappa shape index (κ3) is 3.52. The van der Waals surface area contributed by atoms with Gasteiger partial charge in [-0.1, -0.05) is 30.3 Å². The van der Waals surface area contributed by atoms with Crippen molar-refractivity contribution in [3.8, 4) is 10.4 Å². The minimum atomic E-state index is -0.362. The van der Waals surface area contributed by atoms with E-state index in [9.17, 15) is 5.11 Å².